The normalized spacial score (nSPS) is 11.5. The summed E-state index contributed by atoms with van der Waals surface area (Å²) in [6.07, 6.45) is 0. The number of aromatic carboxylic acids is 1. The fourth-order valence-corrected chi connectivity index (χ4v) is 3.25. The number of carbonyl (C=O) groups is 1. The number of hydrogen-bond acceptors (Lipinski definition) is 3. The van der Waals surface area contributed by atoms with E-state index in [1.54, 1.807) is 13.8 Å². The smallest absolute Gasteiger partial charge is 0.335 e. The molecule has 17 heavy (non-hydrogen) atoms. The molecule has 0 aliphatic carbocycles. The molecule has 5 nitrogen and oxygen atoms in total. The van der Waals surface area contributed by atoms with Gasteiger partial charge in [-0.2, -0.15) is 0 Å². The van der Waals surface area contributed by atoms with Gasteiger partial charge in [0.05, 0.1) is 10.5 Å². The number of halogens is 1. The van der Waals surface area contributed by atoms with Crippen LogP contribution in [0.2, 0.25) is 0 Å². The number of carboxylic acids is 1. The molecule has 0 amide bonds. The Balaban J connectivity index is 3.48. The first-order valence-electron chi connectivity index (χ1n) is 4.82. The molecule has 0 aromatic heterocycles. The molecule has 0 atom stereocenters. The molecule has 0 saturated carbocycles. The largest absolute Gasteiger partial charge is 0.478 e. The highest BCUT2D eigenvalue weighted by Crippen LogP contribution is 2.25. The van der Waals surface area contributed by atoms with Crippen molar-refractivity contribution >= 4 is 31.9 Å². The van der Waals surface area contributed by atoms with Gasteiger partial charge in [0.1, 0.15) is 0 Å². The molecule has 94 valence electrons. The van der Waals surface area contributed by atoms with Gasteiger partial charge < -0.3 is 5.11 Å². The van der Waals surface area contributed by atoms with Gasteiger partial charge in [-0.1, -0.05) is 22.9 Å². The van der Waals surface area contributed by atoms with Crippen molar-refractivity contribution in [3.63, 3.8) is 0 Å². The van der Waals surface area contributed by atoms with Crippen molar-refractivity contribution in [2.24, 2.45) is 0 Å². The van der Waals surface area contributed by atoms with Crippen molar-refractivity contribution in [1.82, 2.24) is 4.72 Å². The highest BCUT2D eigenvalue weighted by Gasteiger charge is 2.20. The highest BCUT2D eigenvalue weighted by atomic mass is 79.9. The second kappa shape index (κ2) is 5.16. The maximum Gasteiger partial charge on any atom is 0.335 e. The Labute approximate surface area is 108 Å². The SMILES string of the molecule is CCNS(=O)(=O)c1cc(C(=O)O)cc(Br)c1C. The zero-order valence-corrected chi connectivity index (χ0v) is 11.7. The standard InChI is InChI=1S/C10H12BrNO4S/c1-3-12-17(15,16)9-5-7(10(13)14)4-8(11)6(9)2/h4-5,12H,3H2,1-2H3,(H,13,14). The maximum absolute atomic E-state index is 11.9. The highest BCUT2D eigenvalue weighted by molar-refractivity contribution is 9.10. The third-order valence-electron chi connectivity index (χ3n) is 2.17. The molecule has 1 aromatic rings. The van der Waals surface area contributed by atoms with Crippen LogP contribution in [0.5, 0.6) is 0 Å². The molecular weight excluding hydrogens is 310 g/mol. The third-order valence-corrected chi connectivity index (χ3v) is 4.66. The average Bonchev–Trinajstić information content (AvgIpc) is 2.21. The van der Waals surface area contributed by atoms with Gasteiger partial charge in [-0.3, -0.25) is 0 Å². The molecule has 0 spiro atoms. The van der Waals surface area contributed by atoms with Crippen LogP contribution in [0.25, 0.3) is 0 Å². The average molecular weight is 322 g/mol. The Morgan fingerprint density at radius 1 is 1.47 bits per heavy atom. The predicted octanol–water partition coefficient (Wildman–Crippen LogP) is 1.75. The molecule has 0 fully saturated rings. The van der Waals surface area contributed by atoms with E-state index in [0.29, 0.717) is 10.0 Å². The fourth-order valence-electron chi connectivity index (χ4n) is 1.32. The van der Waals surface area contributed by atoms with Crippen LogP contribution < -0.4 is 4.72 Å². The molecule has 0 aliphatic heterocycles. The van der Waals surface area contributed by atoms with Gasteiger partial charge in [0.2, 0.25) is 10.0 Å². The van der Waals surface area contributed by atoms with E-state index in [4.69, 9.17) is 5.11 Å². The van der Waals surface area contributed by atoms with Gasteiger partial charge in [-0.25, -0.2) is 17.9 Å². The first-order chi connectivity index (χ1) is 7.79. The molecule has 2 N–H and O–H groups in total. The summed E-state index contributed by atoms with van der Waals surface area (Å²) in [6.45, 7) is 3.51. The Morgan fingerprint density at radius 3 is 2.53 bits per heavy atom. The van der Waals surface area contributed by atoms with E-state index in [2.05, 4.69) is 20.7 Å². The van der Waals surface area contributed by atoms with Crippen molar-refractivity contribution in [2.75, 3.05) is 6.54 Å². The summed E-state index contributed by atoms with van der Waals surface area (Å²) in [6, 6.07) is 2.53. The monoisotopic (exact) mass is 321 g/mol. The molecule has 0 heterocycles. The fraction of sp³-hybridized carbons (Fsp3) is 0.300. The van der Waals surface area contributed by atoms with Crippen LogP contribution >= 0.6 is 15.9 Å². The number of hydrogen-bond donors (Lipinski definition) is 2. The van der Waals surface area contributed by atoms with Crippen molar-refractivity contribution in [3.8, 4) is 0 Å². The van der Waals surface area contributed by atoms with E-state index in [9.17, 15) is 13.2 Å². The Bertz CT molecular complexity index is 554. The summed E-state index contributed by atoms with van der Waals surface area (Å²) in [5.74, 6) is -1.17. The summed E-state index contributed by atoms with van der Waals surface area (Å²) in [4.78, 5) is 10.8. The minimum absolute atomic E-state index is 0.0221. The van der Waals surface area contributed by atoms with Crippen LogP contribution in [0.3, 0.4) is 0 Å². The van der Waals surface area contributed by atoms with Gasteiger partial charge in [-0.15, -0.1) is 0 Å². The van der Waals surface area contributed by atoms with Crippen molar-refractivity contribution in [1.29, 1.82) is 0 Å². The Morgan fingerprint density at radius 2 is 2.06 bits per heavy atom. The molecule has 0 aliphatic rings. The van der Waals surface area contributed by atoms with Crippen molar-refractivity contribution in [2.45, 2.75) is 18.7 Å². The zero-order valence-electron chi connectivity index (χ0n) is 9.32. The topological polar surface area (TPSA) is 83.5 Å². The van der Waals surface area contributed by atoms with Gasteiger partial charge in [0.15, 0.2) is 0 Å². The molecule has 1 aromatic carbocycles. The Kier molecular flexibility index (Phi) is 4.29. The lowest BCUT2D eigenvalue weighted by Crippen LogP contribution is -2.24. The quantitative estimate of drug-likeness (QED) is 0.885. The lowest BCUT2D eigenvalue weighted by Gasteiger charge is -2.10. The molecule has 0 radical (unpaired) electrons. The number of carboxylic acid groups (broad SMARTS) is 1. The van der Waals surface area contributed by atoms with Gasteiger partial charge in [-0.05, 0) is 24.6 Å². The van der Waals surface area contributed by atoms with Gasteiger partial charge >= 0.3 is 5.97 Å². The van der Waals surface area contributed by atoms with E-state index < -0.39 is 16.0 Å². The summed E-state index contributed by atoms with van der Waals surface area (Å²) in [5.41, 5.74) is 0.412. The van der Waals surface area contributed by atoms with E-state index in [-0.39, 0.29) is 17.0 Å². The zero-order chi connectivity index (χ0) is 13.2. The predicted molar refractivity (Wildman–Crippen MR) is 66.7 cm³/mol. The lowest BCUT2D eigenvalue weighted by molar-refractivity contribution is 0.0696. The second-order valence-corrected chi connectivity index (χ2v) is 5.98. The summed E-state index contributed by atoms with van der Waals surface area (Å²) in [5, 5.41) is 8.88. The van der Waals surface area contributed by atoms with E-state index in [1.807, 2.05) is 0 Å². The van der Waals surface area contributed by atoms with Crippen LogP contribution in [-0.2, 0) is 10.0 Å². The first kappa shape index (κ1) is 14.1. The van der Waals surface area contributed by atoms with Gasteiger partial charge in [0, 0.05) is 11.0 Å². The number of nitrogens with one attached hydrogen (secondary N) is 1. The molecule has 0 saturated heterocycles. The molecular formula is C10H12BrNO4S. The van der Waals surface area contributed by atoms with Crippen LogP contribution in [0, 0.1) is 6.92 Å². The minimum Gasteiger partial charge on any atom is -0.478 e. The minimum atomic E-state index is -3.66. The van der Waals surface area contributed by atoms with E-state index in [1.165, 1.54) is 6.07 Å². The molecule has 0 unspecified atom stereocenters. The molecule has 1 rings (SSSR count). The van der Waals surface area contributed by atoms with Gasteiger partial charge in [0.25, 0.3) is 0 Å². The lowest BCUT2D eigenvalue weighted by atomic mass is 10.1. The van der Waals surface area contributed by atoms with Crippen LogP contribution in [0.1, 0.15) is 22.8 Å². The summed E-state index contributed by atoms with van der Waals surface area (Å²) in [7, 11) is -3.66. The van der Waals surface area contributed by atoms with Crippen molar-refractivity contribution < 1.29 is 18.3 Å². The number of sulfonamides is 1. The number of rotatable bonds is 4. The second-order valence-electron chi connectivity index (χ2n) is 3.39. The van der Waals surface area contributed by atoms with Crippen LogP contribution in [-0.4, -0.2) is 26.0 Å². The summed E-state index contributed by atoms with van der Waals surface area (Å²) < 4.78 is 26.5. The van der Waals surface area contributed by atoms with Crippen LogP contribution in [0.15, 0.2) is 21.5 Å². The first-order valence-corrected chi connectivity index (χ1v) is 7.10. The number of benzene rings is 1. The third kappa shape index (κ3) is 3.05. The molecule has 0 bridgehead atoms. The molecule has 7 heteroatoms. The Hall–Kier alpha value is -0.920. The summed E-state index contributed by atoms with van der Waals surface area (Å²) >= 11 is 3.15. The maximum atomic E-state index is 11.9. The van der Waals surface area contributed by atoms with E-state index in [0.717, 1.165) is 6.07 Å². The van der Waals surface area contributed by atoms with Crippen LogP contribution in [0.4, 0.5) is 0 Å². The van der Waals surface area contributed by atoms with E-state index >= 15 is 0 Å². The van der Waals surface area contributed by atoms with Crippen molar-refractivity contribution in [3.05, 3.63) is 27.7 Å².